The summed E-state index contributed by atoms with van der Waals surface area (Å²) >= 11 is 0. The molecular weight excluding hydrogens is 242 g/mol. The van der Waals surface area contributed by atoms with Gasteiger partial charge in [0.05, 0.1) is 0 Å². The molecule has 4 nitrogen and oxygen atoms in total. The fourth-order valence-corrected chi connectivity index (χ4v) is 1.82. The molecule has 0 aliphatic carbocycles. The highest BCUT2D eigenvalue weighted by molar-refractivity contribution is 6.39. The van der Waals surface area contributed by atoms with Crippen LogP contribution in [0.25, 0.3) is 0 Å². The Kier molecular flexibility index (Phi) is 3.61. The van der Waals surface area contributed by atoms with Gasteiger partial charge < -0.3 is 5.11 Å². The Labute approximate surface area is 110 Å². The number of benzene rings is 2. The molecule has 19 heavy (non-hydrogen) atoms. The third-order valence-electron chi connectivity index (χ3n) is 2.66. The summed E-state index contributed by atoms with van der Waals surface area (Å²) in [7, 11) is 0. The van der Waals surface area contributed by atoms with Crippen molar-refractivity contribution in [2.45, 2.75) is 6.92 Å². The first-order valence-electron chi connectivity index (χ1n) is 5.78. The molecule has 0 bridgehead atoms. The van der Waals surface area contributed by atoms with Crippen molar-refractivity contribution in [1.29, 1.82) is 0 Å². The maximum Gasteiger partial charge on any atom is 0.395 e. The molecule has 4 heteroatoms. The van der Waals surface area contributed by atoms with Crippen LogP contribution in [0.15, 0.2) is 54.6 Å². The van der Waals surface area contributed by atoms with E-state index in [1.54, 1.807) is 42.5 Å². The molecule has 1 N–H and O–H groups in total. The molecule has 2 rings (SSSR count). The number of nitrogens with zero attached hydrogens (tertiary/aromatic N) is 1. The topological polar surface area (TPSA) is 57.6 Å². The lowest BCUT2D eigenvalue weighted by atomic mass is 10.2. The normalized spacial score (nSPS) is 9.95. The Morgan fingerprint density at radius 2 is 1.58 bits per heavy atom. The van der Waals surface area contributed by atoms with Gasteiger partial charge in [0.25, 0.3) is 0 Å². The lowest BCUT2D eigenvalue weighted by Gasteiger charge is -2.21. The maximum atomic E-state index is 11.9. The van der Waals surface area contributed by atoms with Gasteiger partial charge in [-0.1, -0.05) is 30.3 Å². The second-order valence-corrected chi connectivity index (χ2v) is 4.12. The molecule has 96 valence electrons. The zero-order valence-electron chi connectivity index (χ0n) is 10.4. The van der Waals surface area contributed by atoms with Crippen molar-refractivity contribution in [3.8, 4) is 0 Å². The van der Waals surface area contributed by atoms with E-state index < -0.39 is 11.9 Å². The number of para-hydroxylation sites is 1. The van der Waals surface area contributed by atoms with Gasteiger partial charge in [-0.05, 0) is 36.8 Å². The Morgan fingerprint density at radius 3 is 2.16 bits per heavy atom. The molecule has 0 atom stereocenters. The molecule has 0 saturated carbocycles. The number of carboxylic acid groups (broad SMARTS) is 1. The van der Waals surface area contributed by atoms with E-state index in [4.69, 9.17) is 5.11 Å². The van der Waals surface area contributed by atoms with Gasteiger partial charge in [0.15, 0.2) is 0 Å². The summed E-state index contributed by atoms with van der Waals surface area (Å²) in [6.45, 7) is 1.89. The molecule has 0 aliphatic rings. The lowest BCUT2D eigenvalue weighted by molar-refractivity contribution is -0.148. The highest BCUT2D eigenvalue weighted by atomic mass is 16.4. The molecule has 0 unspecified atom stereocenters. The van der Waals surface area contributed by atoms with Crippen LogP contribution in [0.3, 0.4) is 0 Å². The largest absolute Gasteiger partial charge is 0.474 e. The van der Waals surface area contributed by atoms with Crippen molar-refractivity contribution in [3.63, 3.8) is 0 Å². The van der Waals surface area contributed by atoms with Crippen LogP contribution in [-0.2, 0) is 9.59 Å². The monoisotopic (exact) mass is 255 g/mol. The van der Waals surface area contributed by atoms with Crippen molar-refractivity contribution >= 4 is 23.3 Å². The van der Waals surface area contributed by atoms with Crippen LogP contribution < -0.4 is 4.90 Å². The third kappa shape index (κ3) is 2.80. The van der Waals surface area contributed by atoms with Gasteiger partial charge in [0.1, 0.15) is 0 Å². The SMILES string of the molecule is Cc1cccc(N(C(=O)C(=O)O)c2ccccc2)c1. The van der Waals surface area contributed by atoms with E-state index >= 15 is 0 Å². The number of rotatable bonds is 2. The summed E-state index contributed by atoms with van der Waals surface area (Å²) in [5.74, 6) is -2.46. The van der Waals surface area contributed by atoms with Crippen LogP contribution in [-0.4, -0.2) is 17.0 Å². The molecular formula is C15H13NO3. The van der Waals surface area contributed by atoms with E-state index in [1.165, 1.54) is 4.90 Å². The number of carbonyl (C=O) groups is 2. The predicted octanol–water partition coefficient (Wildman–Crippen LogP) is 2.74. The van der Waals surface area contributed by atoms with Crippen molar-refractivity contribution in [3.05, 3.63) is 60.2 Å². The maximum absolute atomic E-state index is 11.9. The van der Waals surface area contributed by atoms with Gasteiger partial charge in [-0.2, -0.15) is 0 Å². The zero-order chi connectivity index (χ0) is 13.8. The molecule has 0 radical (unpaired) electrons. The average Bonchev–Trinajstić information content (AvgIpc) is 2.40. The van der Waals surface area contributed by atoms with Crippen molar-refractivity contribution < 1.29 is 14.7 Å². The molecule has 0 spiro atoms. The number of anilines is 2. The molecule has 0 aromatic heterocycles. The number of hydrogen-bond acceptors (Lipinski definition) is 2. The van der Waals surface area contributed by atoms with Gasteiger partial charge in [-0.15, -0.1) is 0 Å². The summed E-state index contributed by atoms with van der Waals surface area (Å²) in [5, 5.41) is 8.95. The number of aryl methyl sites for hydroxylation is 1. The van der Waals surface area contributed by atoms with Gasteiger partial charge in [0, 0.05) is 11.4 Å². The molecule has 2 aromatic rings. The molecule has 1 amide bonds. The smallest absolute Gasteiger partial charge is 0.395 e. The highest BCUT2D eigenvalue weighted by Gasteiger charge is 2.24. The Morgan fingerprint density at radius 1 is 0.947 bits per heavy atom. The summed E-state index contributed by atoms with van der Waals surface area (Å²) in [6, 6.07) is 15.9. The summed E-state index contributed by atoms with van der Waals surface area (Å²) < 4.78 is 0. The number of carboxylic acids is 1. The van der Waals surface area contributed by atoms with Crippen LogP contribution in [0.2, 0.25) is 0 Å². The highest BCUT2D eigenvalue weighted by Crippen LogP contribution is 2.26. The van der Waals surface area contributed by atoms with E-state index in [1.807, 2.05) is 19.1 Å². The Balaban J connectivity index is 2.52. The minimum Gasteiger partial charge on any atom is -0.474 e. The first kappa shape index (κ1) is 12.8. The van der Waals surface area contributed by atoms with E-state index in [0.29, 0.717) is 11.4 Å². The predicted molar refractivity (Wildman–Crippen MR) is 72.4 cm³/mol. The lowest BCUT2D eigenvalue weighted by Crippen LogP contribution is -2.32. The van der Waals surface area contributed by atoms with Crippen LogP contribution in [0.5, 0.6) is 0 Å². The second kappa shape index (κ2) is 5.35. The molecule has 0 heterocycles. The second-order valence-electron chi connectivity index (χ2n) is 4.12. The Hall–Kier alpha value is -2.62. The van der Waals surface area contributed by atoms with Crippen LogP contribution in [0.1, 0.15) is 5.56 Å². The molecule has 0 saturated heterocycles. The number of hydrogen-bond donors (Lipinski definition) is 1. The number of amides is 1. The van der Waals surface area contributed by atoms with Crippen LogP contribution >= 0.6 is 0 Å². The summed E-state index contributed by atoms with van der Waals surface area (Å²) in [5.41, 5.74) is 2.02. The minimum absolute atomic E-state index is 0.528. The first-order chi connectivity index (χ1) is 9.09. The first-order valence-corrected chi connectivity index (χ1v) is 5.78. The Bertz CT molecular complexity index is 608. The summed E-state index contributed by atoms with van der Waals surface area (Å²) in [4.78, 5) is 24.1. The van der Waals surface area contributed by atoms with Crippen LogP contribution in [0.4, 0.5) is 11.4 Å². The van der Waals surface area contributed by atoms with E-state index in [0.717, 1.165) is 5.56 Å². The number of aliphatic carboxylic acids is 1. The average molecular weight is 255 g/mol. The number of carbonyl (C=O) groups excluding carboxylic acids is 1. The third-order valence-corrected chi connectivity index (χ3v) is 2.66. The van der Waals surface area contributed by atoms with Crippen LogP contribution in [0, 0.1) is 6.92 Å². The van der Waals surface area contributed by atoms with Crippen molar-refractivity contribution in [2.24, 2.45) is 0 Å². The molecule has 2 aromatic carbocycles. The van der Waals surface area contributed by atoms with E-state index in [2.05, 4.69) is 0 Å². The zero-order valence-corrected chi connectivity index (χ0v) is 10.4. The standard InChI is InChI=1S/C15H13NO3/c1-11-6-5-9-13(10-11)16(14(17)15(18)19)12-7-3-2-4-8-12/h2-10H,1H3,(H,18,19). The van der Waals surface area contributed by atoms with E-state index in [9.17, 15) is 9.59 Å². The van der Waals surface area contributed by atoms with Gasteiger partial charge >= 0.3 is 11.9 Å². The van der Waals surface area contributed by atoms with Gasteiger partial charge in [-0.3, -0.25) is 9.69 Å². The quantitative estimate of drug-likeness (QED) is 0.839. The summed E-state index contributed by atoms with van der Waals surface area (Å²) in [6.07, 6.45) is 0. The molecule has 0 aliphatic heterocycles. The van der Waals surface area contributed by atoms with Crippen molar-refractivity contribution in [2.75, 3.05) is 4.90 Å². The van der Waals surface area contributed by atoms with Gasteiger partial charge in [-0.25, -0.2) is 4.79 Å². The van der Waals surface area contributed by atoms with Gasteiger partial charge in [0.2, 0.25) is 0 Å². The minimum atomic E-state index is -1.48. The molecule has 0 fully saturated rings. The van der Waals surface area contributed by atoms with E-state index in [-0.39, 0.29) is 0 Å². The fraction of sp³-hybridized carbons (Fsp3) is 0.0667. The fourth-order valence-electron chi connectivity index (χ4n) is 1.82. The van der Waals surface area contributed by atoms with Crippen molar-refractivity contribution in [1.82, 2.24) is 0 Å².